The summed E-state index contributed by atoms with van der Waals surface area (Å²) in [6, 6.07) is -8.83. The van der Waals surface area contributed by atoms with Crippen molar-refractivity contribution in [3.63, 3.8) is 0 Å². The minimum Gasteiger partial charge on any atom is -0.548 e. The smallest absolute Gasteiger partial charge is 0.548 e. The average Bonchev–Trinajstić information content (AvgIpc) is 4.52. The van der Waals surface area contributed by atoms with Crippen molar-refractivity contribution in [1.29, 1.82) is 0 Å². The van der Waals surface area contributed by atoms with Crippen LogP contribution in [-0.2, 0) is 84.2 Å². The molecule has 1 radical (unpaired) electrons. The summed E-state index contributed by atoms with van der Waals surface area (Å²) in [5, 5.41) is 107. The number of hydrogen-bond acceptors (Lipinski definition) is 32. The van der Waals surface area contributed by atoms with Crippen LogP contribution < -0.4 is 89.7 Å². The van der Waals surface area contributed by atoms with Gasteiger partial charge in [0.25, 0.3) is 0 Å². The van der Waals surface area contributed by atoms with Crippen molar-refractivity contribution < 1.29 is 145 Å². The Balaban J connectivity index is -0.0000000925. The second-order valence-electron chi connectivity index (χ2n) is 20.8. The predicted molar refractivity (Wildman–Crippen MR) is 360 cm³/mol. The summed E-state index contributed by atoms with van der Waals surface area (Å²) in [4.78, 5) is 139. The van der Waals surface area contributed by atoms with Crippen LogP contribution in [0.5, 0.6) is 0 Å². The number of aliphatic carboxylic acids is 12. The third-order valence-electron chi connectivity index (χ3n) is 10.8. The minimum atomic E-state index is -1.25. The molecular weight excluding hydrogens is 1430 g/mol. The number of carbonyl (C=O) groups excluding carboxylic acids is 4. The van der Waals surface area contributed by atoms with E-state index in [1.54, 1.807) is 55.4 Å². The van der Waals surface area contributed by atoms with Crippen molar-refractivity contribution in [2.45, 2.75) is 179 Å². The first-order valence-corrected chi connectivity index (χ1v) is 30.9. The molecule has 0 bridgehead atoms. The molecule has 2 fully saturated rings. The first-order valence-electron chi connectivity index (χ1n) is 28.4. The number of carboxylic acid groups (broad SMARTS) is 12. The van der Waals surface area contributed by atoms with E-state index < -0.39 is 144 Å². The number of nitrogens with one attached hydrogen (secondary N) is 2. The van der Waals surface area contributed by atoms with Gasteiger partial charge in [0.05, 0.1) is 24.0 Å². The van der Waals surface area contributed by atoms with Crippen LogP contribution in [0.4, 0.5) is 0 Å². The zero-order valence-corrected chi connectivity index (χ0v) is 59.7. The third-order valence-corrected chi connectivity index (χ3v) is 12.4. The summed E-state index contributed by atoms with van der Waals surface area (Å²) in [6.07, 6.45) is 3.81. The SMILES string of the molecule is CC(C)[C@H](N)C(=O)O.CC(C)[C@H](N)C(=O)O.CC(C)[C@H](N)C(=O)O.CC(C)[C@H](N)C(=O)O.NC(=O)CC[C@H](N)C(=O)O.NC(=O)CC[C@H](N)C(=O)O.N[C@@H](CS)C(=O)O.N[C@@H](CS)C(=O)O.N[C@@H](CS)C(=O)[O-].N[C@@H](CS)C(=O)[O-].O=C(O)[C@@H]1CCCN1.O=C(O)[C@@H]1CCCN1.[Cu+2]. The molecule has 2 amide bonds. The molecule has 2 heterocycles. The average molecular weight is 1540 g/mol. The summed E-state index contributed by atoms with van der Waals surface area (Å²) < 4.78 is 0. The third kappa shape index (κ3) is 86.1. The Kier molecular flexibility index (Phi) is 84.7. The zero-order chi connectivity index (χ0) is 78.6. The largest absolute Gasteiger partial charge is 2.00 e. The fourth-order valence-corrected chi connectivity index (χ4v) is 4.69. The maximum Gasteiger partial charge on any atom is 2.00 e. The van der Waals surface area contributed by atoms with Crippen LogP contribution in [0.25, 0.3) is 0 Å². The van der Waals surface area contributed by atoms with Gasteiger partial charge < -0.3 is 150 Å². The number of carboxylic acids is 12. The van der Waals surface area contributed by atoms with E-state index in [0.717, 1.165) is 38.8 Å². The number of thiol groups is 4. The summed E-state index contributed by atoms with van der Waals surface area (Å²) in [5.41, 5.74) is 59.9. The summed E-state index contributed by atoms with van der Waals surface area (Å²) >= 11 is 14.5. The molecule has 36 N–H and O–H groups in total. The van der Waals surface area contributed by atoms with Gasteiger partial charge in [-0.1, -0.05) is 55.4 Å². The fourth-order valence-electron chi connectivity index (χ4n) is 4.08. The molecule has 0 aromatic heterocycles. The van der Waals surface area contributed by atoms with Gasteiger partial charge in [0, 0.05) is 35.9 Å². The Labute approximate surface area is 595 Å². The van der Waals surface area contributed by atoms with E-state index in [4.69, 9.17) is 120 Å². The number of hydrogen-bond donors (Lipinski definition) is 28. The Morgan fingerprint density at radius 2 is 0.546 bits per heavy atom. The standard InChI is InChI=1S/2C5H10N2O3.2C5H9NO2.4C5H11NO2.4C3H7NO2S.Cu/c2*6-3(5(9)10)1-2-4(7)8;2*7-5(8)4-2-1-3-6-4;4*1-3(2)4(6)5(7)8;4*4-2(1-7)3(5)6;/h2*3H,1-2,6H2,(H2,7,8)(H,9,10);2*4,6H,1-3H2,(H,7,8);4*3-4H,6H2,1-2H3,(H,7,8);4*2,7H,1,4H2,(H,5,6);/q;;;;;;;;;;;;+2/p-2/t2*3-;6*4-;4*2-;/m000000000000./s1. The number of primary amides is 2. The Morgan fingerprint density at radius 3 is 0.598 bits per heavy atom. The van der Waals surface area contributed by atoms with Crippen LogP contribution >= 0.6 is 50.5 Å². The van der Waals surface area contributed by atoms with Gasteiger partial charge in [-0.15, -0.1) is 0 Å². The summed E-state index contributed by atoms with van der Waals surface area (Å²) in [5.74, 6) is -12.2. The van der Waals surface area contributed by atoms with Crippen molar-refractivity contribution in [1.82, 2.24) is 10.6 Å². The Bertz CT molecular complexity index is 1950. The van der Waals surface area contributed by atoms with E-state index in [0.29, 0.717) is 0 Å². The number of rotatable bonds is 26. The van der Waals surface area contributed by atoms with Crippen molar-refractivity contribution in [2.75, 3.05) is 36.1 Å². The maximum atomic E-state index is 10.1. The van der Waals surface area contributed by atoms with Gasteiger partial charge in [-0.25, -0.2) is 0 Å². The van der Waals surface area contributed by atoms with Crippen LogP contribution in [0.3, 0.4) is 0 Å². The van der Waals surface area contributed by atoms with E-state index in [-0.39, 0.29) is 102 Å². The molecular formula is C52H108CuN14O26S4. The molecule has 40 nitrogen and oxygen atoms in total. The molecule has 577 valence electrons. The fraction of sp³-hybridized carbons (Fsp3) is 0.731. The Hall–Kier alpha value is -5.98. The number of amides is 2. The molecule has 2 aliphatic heterocycles. The number of carbonyl (C=O) groups is 14. The zero-order valence-electron chi connectivity index (χ0n) is 55.2. The van der Waals surface area contributed by atoms with Crippen LogP contribution in [0.15, 0.2) is 0 Å². The van der Waals surface area contributed by atoms with Gasteiger partial charge in [-0.2, -0.15) is 50.5 Å². The second-order valence-corrected chi connectivity index (χ2v) is 22.2. The molecule has 0 aliphatic carbocycles. The van der Waals surface area contributed by atoms with Crippen LogP contribution in [0.1, 0.15) is 107 Å². The normalized spacial score (nSPS) is 15.7. The molecule has 97 heavy (non-hydrogen) atoms. The van der Waals surface area contributed by atoms with Crippen molar-refractivity contribution in [3.05, 3.63) is 0 Å². The van der Waals surface area contributed by atoms with Gasteiger partial charge in [-0.05, 0) is 75.3 Å². The minimum absolute atomic E-state index is 0. The summed E-state index contributed by atoms with van der Waals surface area (Å²) in [7, 11) is 0. The van der Waals surface area contributed by atoms with Gasteiger partial charge in [0.15, 0.2) is 0 Å². The van der Waals surface area contributed by atoms with Crippen LogP contribution in [-0.4, -0.2) is 243 Å². The van der Waals surface area contributed by atoms with Crippen LogP contribution in [0, 0.1) is 23.7 Å². The van der Waals surface area contributed by atoms with Crippen molar-refractivity contribution in [2.24, 2.45) is 92.5 Å². The van der Waals surface area contributed by atoms with E-state index in [1.165, 1.54) is 0 Å². The molecule has 2 aliphatic rings. The molecule has 0 aromatic carbocycles. The molecule has 45 heteroatoms. The molecule has 0 saturated carbocycles. The molecule has 12 atom stereocenters. The van der Waals surface area contributed by atoms with Gasteiger partial charge >= 0.3 is 76.8 Å². The van der Waals surface area contributed by atoms with Gasteiger partial charge in [0.2, 0.25) is 11.8 Å². The van der Waals surface area contributed by atoms with Gasteiger partial charge in [0.1, 0.15) is 60.4 Å². The van der Waals surface area contributed by atoms with Crippen molar-refractivity contribution in [3.8, 4) is 0 Å². The monoisotopic (exact) mass is 1540 g/mol. The second kappa shape index (κ2) is 71.3. The maximum absolute atomic E-state index is 10.1. The topological polar surface area (TPSA) is 824 Å². The molecule has 0 aromatic rings. The molecule has 0 spiro atoms. The van der Waals surface area contributed by atoms with Gasteiger partial charge in [-0.3, -0.25) is 57.5 Å². The van der Waals surface area contributed by atoms with E-state index in [1.807, 2.05) is 0 Å². The van der Waals surface area contributed by atoms with Crippen LogP contribution in [0.2, 0.25) is 0 Å². The predicted octanol–water partition coefficient (Wildman–Crippen LogP) is -8.17. The first kappa shape index (κ1) is 115. The first-order chi connectivity index (χ1) is 43.6. The quantitative estimate of drug-likeness (QED) is 0.0282. The summed E-state index contributed by atoms with van der Waals surface area (Å²) in [6.45, 7) is 15.9. The molecule has 2 rings (SSSR count). The molecule has 2 saturated heterocycles. The molecule has 0 unspecified atom stereocenters. The van der Waals surface area contributed by atoms with Crippen molar-refractivity contribution >= 4 is 134 Å². The van der Waals surface area contributed by atoms with E-state index in [2.05, 4.69) is 61.1 Å². The number of nitrogens with two attached hydrogens (primary N) is 12. The van der Waals surface area contributed by atoms with E-state index >= 15 is 0 Å². The van der Waals surface area contributed by atoms with E-state index in [9.17, 15) is 77.3 Å². The Morgan fingerprint density at radius 1 is 0.361 bits per heavy atom.